The molecule has 0 aliphatic carbocycles. The van der Waals surface area contributed by atoms with Crippen LogP contribution < -0.4 is 10.6 Å². The Hall–Kier alpha value is -3.84. The number of nitrogens with one attached hydrogen (secondary N) is 2. The van der Waals surface area contributed by atoms with E-state index >= 15 is 0 Å². The molecule has 1 atom stereocenters. The van der Waals surface area contributed by atoms with E-state index < -0.39 is 11.7 Å². The summed E-state index contributed by atoms with van der Waals surface area (Å²) in [6.07, 6.45) is 6.18. The van der Waals surface area contributed by atoms with E-state index in [4.69, 9.17) is 10.00 Å². The average Bonchev–Trinajstić information content (AvgIpc) is 3.28. The van der Waals surface area contributed by atoms with E-state index in [1.807, 2.05) is 17.8 Å². The Balaban J connectivity index is 1.55. The number of ether oxygens (including phenoxy) is 1. The first kappa shape index (κ1) is 25.3. The van der Waals surface area contributed by atoms with Gasteiger partial charge in [-0.3, -0.25) is 9.48 Å². The van der Waals surface area contributed by atoms with Gasteiger partial charge in [0.1, 0.15) is 12.4 Å². The largest absolute Gasteiger partial charge is 0.375 e. The van der Waals surface area contributed by atoms with Crippen molar-refractivity contribution in [3.8, 4) is 17.3 Å². The minimum Gasteiger partial charge on any atom is -0.375 e. The van der Waals surface area contributed by atoms with Crippen LogP contribution in [0.1, 0.15) is 56.1 Å². The number of carbonyl (C=O) groups excluding carboxylic acids is 1. The molecule has 2 aromatic heterocycles. The number of nitrogens with zero attached hydrogens (tertiary/aromatic N) is 5. The summed E-state index contributed by atoms with van der Waals surface area (Å²) in [5, 5.41) is 18.7. The summed E-state index contributed by atoms with van der Waals surface area (Å²) in [7, 11) is 0. The Labute approximate surface area is 209 Å². The summed E-state index contributed by atoms with van der Waals surface area (Å²) in [5.41, 5.74) is 1.98. The molecule has 1 amide bonds. The number of hydrogen-bond acceptors (Lipinski definition) is 7. The number of carbonyl (C=O) groups is 1. The number of anilines is 2. The first-order chi connectivity index (χ1) is 17.0. The van der Waals surface area contributed by atoms with Gasteiger partial charge < -0.3 is 15.4 Å². The van der Waals surface area contributed by atoms with Gasteiger partial charge in [0.05, 0.1) is 40.9 Å². The molecule has 1 aliphatic rings. The number of aromatic nitrogens is 4. The van der Waals surface area contributed by atoms with Crippen LogP contribution in [0.25, 0.3) is 11.3 Å². The normalized spacial score (nSPS) is 18.3. The predicted molar refractivity (Wildman–Crippen MR) is 133 cm³/mol. The third kappa shape index (κ3) is 4.79. The summed E-state index contributed by atoms with van der Waals surface area (Å²) >= 11 is 0. The molecule has 36 heavy (non-hydrogen) atoms. The lowest BCUT2D eigenvalue weighted by molar-refractivity contribution is -0.160. The number of benzene rings is 1. The van der Waals surface area contributed by atoms with E-state index in [1.165, 1.54) is 12.1 Å². The fraction of sp³-hybridized carbons (Fsp3) is 0.423. The SMILES string of the molecule is Cc1cnc(Nc2cnn(C3CCOC(C)(C)C3(C)C)c2)nc1-c1ccc(C(=O)NCC#N)c(F)c1. The Morgan fingerprint density at radius 3 is 2.81 bits per heavy atom. The lowest BCUT2D eigenvalue weighted by atomic mass is 9.69. The van der Waals surface area contributed by atoms with Gasteiger partial charge in [0.15, 0.2) is 0 Å². The smallest absolute Gasteiger partial charge is 0.255 e. The van der Waals surface area contributed by atoms with Crippen molar-refractivity contribution in [3.05, 3.63) is 53.7 Å². The van der Waals surface area contributed by atoms with Crippen LogP contribution in [0.5, 0.6) is 0 Å². The van der Waals surface area contributed by atoms with Crippen molar-refractivity contribution in [1.29, 1.82) is 5.26 Å². The summed E-state index contributed by atoms with van der Waals surface area (Å²) in [6.45, 7) is 10.9. The van der Waals surface area contributed by atoms with Crippen molar-refractivity contribution >= 4 is 17.5 Å². The molecule has 1 saturated heterocycles. The quantitative estimate of drug-likeness (QED) is 0.486. The molecule has 0 saturated carbocycles. The van der Waals surface area contributed by atoms with Crippen LogP contribution in [0.15, 0.2) is 36.8 Å². The Kier molecular flexibility index (Phi) is 6.78. The van der Waals surface area contributed by atoms with Crippen molar-refractivity contribution in [2.45, 2.75) is 52.7 Å². The first-order valence-electron chi connectivity index (χ1n) is 11.8. The van der Waals surface area contributed by atoms with Crippen LogP contribution in [0, 0.1) is 29.5 Å². The molecule has 1 aromatic carbocycles. The number of hydrogen-bond donors (Lipinski definition) is 2. The summed E-state index contributed by atoms with van der Waals surface area (Å²) in [4.78, 5) is 21.0. The fourth-order valence-corrected chi connectivity index (χ4v) is 4.39. The van der Waals surface area contributed by atoms with Gasteiger partial charge in [-0.05, 0) is 44.9 Å². The van der Waals surface area contributed by atoms with Crippen LogP contribution in [-0.2, 0) is 4.74 Å². The van der Waals surface area contributed by atoms with E-state index in [0.29, 0.717) is 23.8 Å². The van der Waals surface area contributed by atoms with Crippen molar-refractivity contribution < 1.29 is 13.9 Å². The second-order valence-electron chi connectivity index (χ2n) is 9.98. The molecule has 0 bridgehead atoms. The Morgan fingerprint density at radius 1 is 1.31 bits per heavy atom. The van der Waals surface area contributed by atoms with Crippen molar-refractivity contribution in [1.82, 2.24) is 25.1 Å². The topological polar surface area (TPSA) is 118 Å². The number of amides is 1. The van der Waals surface area contributed by atoms with E-state index in [9.17, 15) is 9.18 Å². The van der Waals surface area contributed by atoms with Gasteiger partial charge in [-0.1, -0.05) is 19.9 Å². The Bertz CT molecular complexity index is 1330. The summed E-state index contributed by atoms with van der Waals surface area (Å²) in [6, 6.07) is 6.22. The molecule has 0 spiro atoms. The maximum absolute atomic E-state index is 14.7. The van der Waals surface area contributed by atoms with Crippen molar-refractivity contribution in [2.75, 3.05) is 18.5 Å². The highest BCUT2D eigenvalue weighted by Crippen LogP contribution is 2.48. The second kappa shape index (κ2) is 9.66. The van der Waals surface area contributed by atoms with E-state index in [1.54, 1.807) is 24.5 Å². The monoisotopic (exact) mass is 491 g/mol. The zero-order chi connectivity index (χ0) is 26.1. The fourth-order valence-electron chi connectivity index (χ4n) is 4.39. The average molecular weight is 492 g/mol. The predicted octanol–water partition coefficient (Wildman–Crippen LogP) is 4.55. The zero-order valence-electron chi connectivity index (χ0n) is 21.1. The summed E-state index contributed by atoms with van der Waals surface area (Å²) in [5.74, 6) is -0.993. The number of halogens is 1. The third-order valence-corrected chi connectivity index (χ3v) is 7.20. The molecule has 2 N–H and O–H groups in total. The summed E-state index contributed by atoms with van der Waals surface area (Å²) < 4.78 is 22.6. The van der Waals surface area contributed by atoms with Crippen LogP contribution in [0.4, 0.5) is 16.0 Å². The highest BCUT2D eigenvalue weighted by Gasteiger charge is 2.48. The first-order valence-corrected chi connectivity index (χ1v) is 11.8. The highest BCUT2D eigenvalue weighted by molar-refractivity contribution is 5.95. The maximum atomic E-state index is 14.7. The van der Waals surface area contributed by atoms with Crippen molar-refractivity contribution in [3.63, 3.8) is 0 Å². The number of nitriles is 1. The molecule has 10 heteroatoms. The molecule has 9 nitrogen and oxygen atoms in total. The van der Waals surface area contributed by atoms with Crippen molar-refractivity contribution in [2.24, 2.45) is 5.41 Å². The third-order valence-electron chi connectivity index (χ3n) is 7.20. The molecule has 188 valence electrons. The van der Waals surface area contributed by atoms with Crippen LogP contribution in [-0.4, -0.2) is 44.4 Å². The molecular formula is C26H30FN7O2. The maximum Gasteiger partial charge on any atom is 0.255 e. The van der Waals surface area contributed by atoms with E-state index in [2.05, 4.69) is 53.4 Å². The number of rotatable bonds is 6. The van der Waals surface area contributed by atoms with E-state index in [-0.39, 0.29) is 29.2 Å². The Morgan fingerprint density at radius 2 is 2.08 bits per heavy atom. The van der Waals surface area contributed by atoms with Gasteiger partial charge in [-0.15, -0.1) is 0 Å². The van der Waals surface area contributed by atoms with Gasteiger partial charge in [0, 0.05) is 30.0 Å². The van der Waals surface area contributed by atoms with Gasteiger partial charge in [-0.2, -0.15) is 10.4 Å². The van der Waals surface area contributed by atoms with Crippen LogP contribution in [0.3, 0.4) is 0 Å². The van der Waals surface area contributed by atoms with Gasteiger partial charge >= 0.3 is 0 Å². The molecular weight excluding hydrogens is 461 g/mol. The lowest BCUT2D eigenvalue weighted by Crippen LogP contribution is -2.51. The molecule has 3 aromatic rings. The molecule has 1 unspecified atom stereocenters. The minimum atomic E-state index is -0.696. The van der Waals surface area contributed by atoms with Gasteiger partial charge in [-0.25, -0.2) is 14.4 Å². The van der Waals surface area contributed by atoms with Crippen LogP contribution >= 0.6 is 0 Å². The lowest BCUT2D eigenvalue weighted by Gasteiger charge is -2.50. The molecule has 3 heterocycles. The highest BCUT2D eigenvalue weighted by atomic mass is 19.1. The van der Waals surface area contributed by atoms with Gasteiger partial charge in [0.2, 0.25) is 5.95 Å². The van der Waals surface area contributed by atoms with Crippen LogP contribution in [0.2, 0.25) is 0 Å². The zero-order valence-corrected chi connectivity index (χ0v) is 21.1. The minimum absolute atomic E-state index is 0.134. The molecule has 4 rings (SSSR count). The molecule has 0 radical (unpaired) electrons. The van der Waals surface area contributed by atoms with Gasteiger partial charge in [0.25, 0.3) is 5.91 Å². The van der Waals surface area contributed by atoms with E-state index in [0.717, 1.165) is 17.7 Å². The standard InChI is InChI=1S/C26H30FN7O2/c1-16-13-30-24(33-22(16)17-6-7-19(20(27)12-17)23(35)29-10-9-28)32-18-14-31-34(15-18)21-8-11-36-26(4,5)25(21,2)3/h6-7,12-15,21H,8,10-11H2,1-5H3,(H,29,35)(H,30,32,33). The molecule has 1 aliphatic heterocycles. The second-order valence-corrected chi connectivity index (χ2v) is 9.98. The number of aryl methyl sites for hydroxylation is 1. The molecule has 1 fully saturated rings.